The molecule has 0 saturated carbocycles. The van der Waals surface area contributed by atoms with Crippen LogP contribution in [0.1, 0.15) is 12.2 Å². The maximum atomic E-state index is 13.0. The van der Waals surface area contributed by atoms with Gasteiger partial charge in [0.25, 0.3) is 6.43 Å². The maximum Gasteiger partial charge on any atom is 0.297 e. The number of hydrogen-bond acceptors (Lipinski definition) is 4. The van der Waals surface area contributed by atoms with Crippen molar-refractivity contribution < 1.29 is 13.5 Å². The molecule has 22 heavy (non-hydrogen) atoms. The molecule has 0 aliphatic heterocycles. The third-order valence-electron chi connectivity index (χ3n) is 3.05. The highest BCUT2D eigenvalue weighted by Crippen LogP contribution is 2.33. The molecular formula is C16H12F2N2OS. The number of rotatable bonds is 4. The minimum atomic E-state index is -2.69. The molecule has 0 unspecified atom stereocenters. The summed E-state index contributed by atoms with van der Waals surface area (Å²) in [7, 11) is 1.59. The van der Waals surface area contributed by atoms with Gasteiger partial charge in [-0.2, -0.15) is 0 Å². The van der Waals surface area contributed by atoms with E-state index in [1.54, 1.807) is 19.2 Å². The average molecular weight is 318 g/mol. The molecule has 1 heterocycles. The highest BCUT2D eigenvalue weighted by atomic mass is 32.2. The first-order valence-electron chi connectivity index (χ1n) is 6.54. The van der Waals surface area contributed by atoms with Crippen LogP contribution in [0.5, 0.6) is 5.75 Å². The summed E-state index contributed by atoms with van der Waals surface area (Å²) in [5, 5.41) is 1.28. The molecule has 0 aliphatic rings. The summed E-state index contributed by atoms with van der Waals surface area (Å²) in [5.41, 5.74) is 0.517. The van der Waals surface area contributed by atoms with E-state index in [0.717, 1.165) is 16.0 Å². The summed E-state index contributed by atoms with van der Waals surface area (Å²) in [6.45, 7) is 0. The second-order valence-electron chi connectivity index (χ2n) is 4.48. The summed E-state index contributed by atoms with van der Waals surface area (Å²) in [5.74, 6) is 0.292. The molecule has 3 aromatic rings. The van der Waals surface area contributed by atoms with Crippen molar-refractivity contribution in [3.8, 4) is 5.75 Å². The van der Waals surface area contributed by atoms with Crippen molar-refractivity contribution in [2.75, 3.05) is 7.11 Å². The molecular weight excluding hydrogens is 306 g/mol. The van der Waals surface area contributed by atoms with Crippen LogP contribution >= 0.6 is 11.8 Å². The number of methoxy groups -OCH3 is 1. The van der Waals surface area contributed by atoms with E-state index >= 15 is 0 Å². The first-order valence-corrected chi connectivity index (χ1v) is 7.36. The fourth-order valence-corrected chi connectivity index (χ4v) is 2.91. The lowest BCUT2D eigenvalue weighted by atomic mass is 10.2. The Bertz CT molecular complexity index is 794. The van der Waals surface area contributed by atoms with Crippen LogP contribution in [0, 0.1) is 0 Å². The second kappa shape index (κ2) is 6.27. The van der Waals surface area contributed by atoms with Gasteiger partial charge in [-0.25, -0.2) is 18.7 Å². The molecule has 0 amide bonds. The highest BCUT2D eigenvalue weighted by molar-refractivity contribution is 7.99. The standard InChI is InChI=1S/C16H12F2N2OS/c1-21-10-6-8-11(9-7-10)22-16-12-4-2-3-5-13(12)19-15(20-16)14(17)18/h2-9,14H,1H3. The first-order chi connectivity index (χ1) is 10.7. The number of hydrogen-bond donors (Lipinski definition) is 0. The Hall–Kier alpha value is -2.21. The van der Waals surface area contributed by atoms with Crippen LogP contribution in [-0.4, -0.2) is 17.1 Å². The number of halogens is 2. The fourth-order valence-electron chi connectivity index (χ4n) is 2.00. The van der Waals surface area contributed by atoms with Crippen LogP contribution in [-0.2, 0) is 0 Å². The van der Waals surface area contributed by atoms with Crippen LogP contribution in [0.2, 0.25) is 0 Å². The normalized spacial score (nSPS) is 11.1. The topological polar surface area (TPSA) is 35.0 Å². The highest BCUT2D eigenvalue weighted by Gasteiger charge is 2.15. The van der Waals surface area contributed by atoms with E-state index in [2.05, 4.69) is 9.97 Å². The summed E-state index contributed by atoms with van der Waals surface area (Å²) < 4.78 is 31.0. The lowest BCUT2D eigenvalue weighted by Crippen LogP contribution is -1.98. The number of aromatic nitrogens is 2. The van der Waals surface area contributed by atoms with E-state index in [9.17, 15) is 8.78 Å². The van der Waals surface area contributed by atoms with Gasteiger partial charge in [0.2, 0.25) is 0 Å². The molecule has 0 N–H and O–H groups in total. The number of nitrogens with zero attached hydrogens (tertiary/aromatic N) is 2. The molecule has 0 radical (unpaired) electrons. The minimum absolute atomic E-state index is 0.449. The Kier molecular flexibility index (Phi) is 4.20. The Labute approximate surface area is 130 Å². The largest absolute Gasteiger partial charge is 0.497 e. The quantitative estimate of drug-likeness (QED) is 0.652. The summed E-state index contributed by atoms with van der Waals surface area (Å²) in [6, 6.07) is 14.5. The third-order valence-corrected chi connectivity index (χ3v) is 4.07. The Morgan fingerprint density at radius 1 is 1.00 bits per heavy atom. The van der Waals surface area contributed by atoms with Gasteiger partial charge >= 0.3 is 0 Å². The lowest BCUT2D eigenvalue weighted by molar-refractivity contribution is 0.140. The van der Waals surface area contributed by atoms with E-state index in [1.165, 1.54) is 11.8 Å². The number of ether oxygens (including phenoxy) is 1. The van der Waals surface area contributed by atoms with E-state index in [1.807, 2.05) is 36.4 Å². The van der Waals surface area contributed by atoms with Crippen molar-refractivity contribution >= 4 is 22.7 Å². The van der Waals surface area contributed by atoms with Crippen molar-refractivity contribution in [2.24, 2.45) is 0 Å². The van der Waals surface area contributed by atoms with Crippen molar-refractivity contribution in [3.05, 3.63) is 54.4 Å². The number of benzene rings is 2. The fraction of sp³-hybridized carbons (Fsp3) is 0.125. The van der Waals surface area contributed by atoms with Gasteiger partial charge in [0.1, 0.15) is 10.8 Å². The average Bonchev–Trinajstić information content (AvgIpc) is 2.55. The number of alkyl halides is 2. The summed E-state index contributed by atoms with van der Waals surface area (Å²) in [6.07, 6.45) is -2.69. The predicted molar refractivity (Wildman–Crippen MR) is 81.6 cm³/mol. The van der Waals surface area contributed by atoms with E-state index in [-0.39, 0.29) is 0 Å². The molecule has 1 aromatic heterocycles. The van der Waals surface area contributed by atoms with Crippen molar-refractivity contribution in [1.29, 1.82) is 0 Å². The molecule has 6 heteroatoms. The van der Waals surface area contributed by atoms with Crippen LogP contribution in [0.15, 0.2) is 58.5 Å². The SMILES string of the molecule is COc1ccc(Sc2nc(C(F)F)nc3ccccc23)cc1. The molecule has 0 spiro atoms. The molecule has 0 aliphatic carbocycles. The van der Waals surface area contributed by atoms with E-state index in [0.29, 0.717) is 10.5 Å². The van der Waals surface area contributed by atoms with Crippen molar-refractivity contribution in [2.45, 2.75) is 16.3 Å². The van der Waals surface area contributed by atoms with Crippen LogP contribution < -0.4 is 4.74 Å². The zero-order valence-electron chi connectivity index (χ0n) is 11.7. The zero-order chi connectivity index (χ0) is 15.5. The van der Waals surface area contributed by atoms with E-state index in [4.69, 9.17) is 4.74 Å². The molecule has 3 nitrogen and oxygen atoms in total. The Morgan fingerprint density at radius 3 is 2.41 bits per heavy atom. The van der Waals surface area contributed by atoms with Crippen molar-refractivity contribution in [3.63, 3.8) is 0 Å². The van der Waals surface area contributed by atoms with Crippen molar-refractivity contribution in [1.82, 2.24) is 9.97 Å². The van der Waals surface area contributed by atoms with Gasteiger partial charge in [-0.1, -0.05) is 30.0 Å². The molecule has 112 valence electrons. The van der Waals surface area contributed by atoms with Gasteiger partial charge < -0.3 is 4.74 Å². The van der Waals surface area contributed by atoms with Gasteiger partial charge in [0.15, 0.2) is 5.82 Å². The predicted octanol–water partition coefficient (Wildman–Crippen LogP) is 4.73. The third kappa shape index (κ3) is 3.01. The molecule has 3 rings (SSSR count). The van der Waals surface area contributed by atoms with Gasteiger partial charge in [-0.05, 0) is 30.3 Å². The minimum Gasteiger partial charge on any atom is -0.497 e. The van der Waals surface area contributed by atoms with E-state index < -0.39 is 12.2 Å². The molecule has 0 fully saturated rings. The summed E-state index contributed by atoms with van der Waals surface area (Å²) >= 11 is 1.33. The molecule has 0 bridgehead atoms. The van der Waals surface area contributed by atoms with Gasteiger partial charge in [0, 0.05) is 10.3 Å². The zero-order valence-corrected chi connectivity index (χ0v) is 12.5. The molecule has 2 aromatic carbocycles. The number of para-hydroxylation sites is 1. The van der Waals surface area contributed by atoms with Crippen LogP contribution in [0.4, 0.5) is 8.78 Å². The Morgan fingerprint density at radius 2 is 1.73 bits per heavy atom. The van der Waals surface area contributed by atoms with Gasteiger partial charge in [-0.3, -0.25) is 0 Å². The summed E-state index contributed by atoms with van der Waals surface area (Å²) in [4.78, 5) is 8.81. The number of fused-ring (bicyclic) bond motifs is 1. The second-order valence-corrected chi connectivity index (χ2v) is 5.54. The lowest BCUT2D eigenvalue weighted by Gasteiger charge is -2.08. The molecule has 0 atom stereocenters. The first kappa shape index (κ1) is 14.7. The smallest absolute Gasteiger partial charge is 0.297 e. The maximum absolute atomic E-state index is 13.0. The monoisotopic (exact) mass is 318 g/mol. The van der Waals surface area contributed by atoms with Crippen LogP contribution in [0.3, 0.4) is 0 Å². The Balaban J connectivity index is 2.04. The molecule has 0 saturated heterocycles. The van der Waals surface area contributed by atoms with Gasteiger partial charge in [0.05, 0.1) is 12.6 Å². The van der Waals surface area contributed by atoms with Crippen LogP contribution in [0.25, 0.3) is 10.9 Å². The van der Waals surface area contributed by atoms with Gasteiger partial charge in [-0.15, -0.1) is 0 Å².